The molecule has 14 heavy (non-hydrogen) atoms. The number of carbonyl (C=O) groups excluding carboxylic acids is 1. The van der Waals surface area contributed by atoms with Crippen LogP contribution in [0.4, 0.5) is 0 Å². The number of hydrogen-bond acceptors (Lipinski definition) is 3. The molecule has 3 nitrogen and oxygen atoms in total. The van der Waals surface area contributed by atoms with Crippen LogP contribution in [0.1, 0.15) is 35.9 Å². The Balaban J connectivity index is 2.79. The van der Waals surface area contributed by atoms with E-state index in [4.69, 9.17) is 9.68 Å². The Morgan fingerprint density at radius 3 is 2.86 bits per heavy atom. The van der Waals surface area contributed by atoms with E-state index in [0.717, 1.165) is 6.42 Å². The van der Waals surface area contributed by atoms with Gasteiger partial charge in [0.2, 0.25) is 0 Å². The predicted octanol–water partition coefficient (Wildman–Crippen LogP) is 2.71. The van der Waals surface area contributed by atoms with E-state index in [1.807, 2.05) is 13.0 Å². The zero-order valence-corrected chi connectivity index (χ0v) is 8.41. The van der Waals surface area contributed by atoms with Crippen LogP contribution in [0.25, 0.3) is 0 Å². The summed E-state index contributed by atoms with van der Waals surface area (Å²) in [4.78, 5) is 11.7. The van der Waals surface area contributed by atoms with Gasteiger partial charge in [0, 0.05) is 0 Å². The predicted molar refractivity (Wildman–Crippen MR) is 51.8 cm³/mol. The van der Waals surface area contributed by atoms with E-state index in [1.54, 1.807) is 13.0 Å². The van der Waals surface area contributed by atoms with Crippen LogP contribution in [0, 0.1) is 24.2 Å². The summed E-state index contributed by atoms with van der Waals surface area (Å²) in [5.41, 5.74) is 0.502. The van der Waals surface area contributed by atoms with Crippen LogP contribution in [0.5, 0.6) is 0 Å². The average molecular weight is 191 g/mol. The van der Waals surface area contributed by atoms with Gasteiger partial charge in [0.05, 0.1) is 11.6 Å². The highest BCUT2D eigenvalue weighted by atomic mass is 16.3. The summed E-state index contributed by atoms with van der Waals surface area (Å²) in [6.45, 7) is 3.73. The maximum atomic E-state index is 11.7. The molecule has 0 radical (unpaired) electrons. The third-order valence-corrected chi connectivity index (χ3v) is 2.06. The molecule has 0 amide bonds. The lowest BCUT2D eigenvalue weighted by Crippen LogP contribution is -2.11. The molecule has 0 aromatic carbocycles. The van der Waals surface area contributed by atoms with Crippen LogP contribution in [0.15, 0.2) is 16.7 Å². The highest BCUT2D eigenvalue weighted by Gasteiger charge is 2.19. The minimum Gasteiger partial charge on any atom is -0.469 e. The fourth-order valence-corrected chi connectivity index (χ4v) is 1.32. The first-order chi connectivity index (χ1) is 6.69. The molecule has 1 heterocycles. The monoisotopic (exact) mass is 191 g/mol. The fourth-order valence-electron chi connectivity index (χ4n) is 1.32. The van der Waals surface area contributed by atoms with Crippen LogP contribution >= 0.6 is 0 Å². The normalized spacial score (nSPS) is 12.1. The first-order valence-corrected chi connectivity index (χ1v) is 4.68. The summed E-state index contributed by atoms with van der Waals surface area (Å²) in [7, 11) is 0. The second kappa shape index (κ2) is 4.61. The van der Waals surface area contributed by atoms with E-state index in [0.29, 0.717) is 17.7 Å². The third-order valence-electron chi connectivity index (χ3n) is 2.06. The van der Waals surface area contributed by atoms with Gasteiger partial charge in [0.25, 0.3) is 0 Å². The minimum absolute atomic E-state index is 0.133. The first kappa shape index (κ1) is 10.5. The van der Waals surface area contributed by atoms with E-state index >= 15 is 0 Å². The molecule has 0 fully saturated rings. The van der Waals surface area contributed by atoms with Crippen LogP contribution in [-0.2, 0) is 0 Å². The van der Waals surface area contributed by atoms with E-state index in [-0.39, 0.29) is 5.78 Å². The topological polar surface area (TPSA) is 54.0 Å². The lowest BCUT2D eigenvalue weighted by Gasteiger charge is -2.02. The Bertz CT molecular complexity index is 360. The van der Waals surface area contributed by atoms with Crippen molar-refractivity contribution in [3.05, 3.63) is 23.7 Å². The van der Waals surface area contributed by atoms with Gasteiger partial charge in [-0.2, -0.15) is 5.26 Å². The van der Waals surface area contributed by atoms with Crippen molar-refractivity contribution in [2.24, 2.45) is 5.92 Å². The molecule has 0 bridgehead atoms. The number of nitriles is 1. The molecule has 1 aromatic heterocycles. The Kier molecular flexibility index (Phi) is 3.47. The van der Waals surface area contributed by atoms with Crippen molar-refractivity contribution < 1.29 is 9.21 Å². The van der Waals surface area contributed by atoms with Crippen LogP contribution in [0.3, 0.4) is 0 Å². The van der Waals surface area contributed by atoms with E-state index in [2.05, 4.69) is 0 Å². The standard InChI is InChI=1S/C11H13NO2/c1-3-4-9(6-12)11(13)10-5-8(2)14-7-10/h5,7,9H,3-4H2,1-2H3. The zero-order chi connectivity index (χ0) is 10.6. The molecule has 1 unspecified atom stereocenters. The van der Waals surface area contributed by atoms with Gasteiger partial charge in [-0.05, 0) is 19.4 Å². The van der Waals surface area contributed by atoms with Crippen LogP contribution < -0.4 is 0 Å². The summed E-state index contributed by atoms with van der Waals surface area (Å²) < 4.78 is 5.03. The molecule has 0 saturated heterocycles. The molecule has 3 heteroatoms. The van der Waals surface area contributed by atoms with Crippen molar-refractivity contribution in [1.82, 2.24) is 0 Å². The van der Waals surface area contributed by atoms with Crippen molar-refractivity contribution in [1.29, 1.82) is 5.26 Å². The number of carbonyl (C=O) groups is 1. The van der Waals surface area contributed by atoms with Gasteiger partial charge in [0.15, 0.2) is 5.78 Å². The molecule has 1 rings (SSSR count). The quantitative estimate of drug-likeness (QED) is 0.687. The van der Waals surface area contributed by atoms with E-state index in [1.165, 1.54) is 6.26 Å². The summed E-state index contributed by atoms with van der Waals surface area (Å²) in [5.74, 6) is 0.0322. The lowest BCUT2D eigenvalue weighted by atomic mass is 9.96. The Morgan fingerprint density at radius 2 is 2.43 bits per heavy atom. The van der Waals surface area contributed by atoms with E-state index < -0.39 is 5.92 Å². The lowest BCUT2D eigenvalue weighted by molar-refractivity contribution is 0.0943. The molecule has 0 aliphatic carbocycles. The first-order valence-electron chi connectivity index (χ1n) is 4.68. The van der Waals surface area contributed by atoms with E-state index in [9.17, 15) is 4.79 Å². The van der Waals surface area contributed by atoms with Gasteiger partial charge in [-0.15, -0.1) is 0 Å². The highest BCUT2D eigenvalue weighted by molar-refractivity contribution is 5.99. The van der Waals surface area contributed by atoms with Gasteiger partial charge in [-0.25, -0.2) is 0 Å². The minimum atomic E-state index is -0.531. The Labute approximate surface area is 83.3 Å². The molecule has 0 aliphatic heterocycles. The molecule has 0 spiro atoms. The maximum absolute atomic E-state index is 11.7. The average Bonchev–Trinajstić information content (AvgIpc) is 2.60. The number of aryl methyl sites for hydroxylation is 1. The number of ketones is 1. The van der Waals surface area contributed by atoms with Crippen molar-refractivity contribution in [3.8, 4) is 6.07 Å². The number of nitrogens with zero attached hydrogens (tertiary/aromatic N) is 1. The van der Waals surface area contributed by atoms with Crippen molar-refractivity contribution in [2.45, 2.75) is 26.7 Å². The smallest absolute Gasteiger partial charge is 0.183 e. The van der Waals surface area contributed by atoms with Gasteiger partial charge in [-0.3, -0.25) is 4.79 Å². The molecule has 1 atom stereocenters. The second-order valence-electron chi connectivity index (χ2n) is 3.28. The molecular formula is C11H13NO2. The second-order valence-corrected chi connectivity index (χ2v) is 3.28. The van der Waals surface area contributed by atoms with Gasteiger partial charge in [0.1, 0.15) is 17.9 Å². The summed E-state index contributed by atoms with van der Waals surface area (Å²) in [6, 6.07) is 3.69. The van der Waals surface area contributed by atoms with Gasteiger partial charge < -0.3 is 4.42 Å². The Hall–Kier alpha value is -1.56. The maximum Gasteiger partial charge on any atom is 0.183 e. The van der Waals surface area contributed by atoms with Gasteiger partial charge in [-0.1, -0.05) is 13.3 Å². The Morgan fingerprint density at radius 1 is 1.71 bits per heavy atom. The largest absolute Gasteiger partial charge is 0.469 e. The fraction of sp³-hybridized carbons (Fsp3) is 0.455. The third kappa shape index (κ3) is 2.23. The molecule has 0 aliphatic rings. The van der Waals surface area contributed by atoms with Crippen LogP contribution in [0.2, 0.25) is 0 Å². The molecular weight excluding hydrogens is 178 g/mol. The molecule has 0 N–H and O–H groups in total. The molecule has 0 saturated carbocycles. The highest BCUT2D eigenvalue weighted by Crippen LogP contribution is 2.15. The number of furan rings is 1. The number of Topliss-reactive ketones (excluding diaryl/α,β-unsaturated/α-hetero) is 1. The zero-order valence-electron chi connectivity index (χ0n) is 8.41. The molecule has 74 valence electrons. The molecule has 1 aromatic rings. The van der Waals surface area contributed by atoms with Crippen molar-refractivity contribution >= 4 is 5.78 Å². The number of hydrogen-bond donors (Lipinski definition) is 0. The van der Waals surface area contributed by atoms with Crippen molar-refractivity contribution in [2.75, 3.05) is 0 Å². The summed E-state index contributed by atoms with van der Waals surface area (Å²) >= 11 is 0. The number of rotatable bonds is 4. The SMILES string of the molecule is CCCC(C#N)C(=O)c1coc(C)c1. The summed E-state index contributed by atoms with van der Waals surface area (Å²) in [6.07, 6.45) is 2.86. The van der Waals surface area contributed by atoms with Gasteiger partial charge >= 0.3 is 0 Å². The van der Waals surface area contributed by atoms with Crippen molar-refractivity contribution in [3.63, 3.8) is 0 Å². The van der Waals surface area contributed by atoms with Crippen LogP contribution in [-0.4, -0.2) is 5.78 Å². The summed E-state index contributed by atoms with van der Waals surface area (Å²) in [5, 5.41) is 8.79.